The molecule has 1 heterocycles. The maximum atomic E-state index is 11.2. The molecule has 0 saturated heterocycles. The zero-order valence-corrected chi connectivity index (χ0v) is 10.8. The van der Waals surface area contributed by atoms with Crippen LogP contribution in [0.2, 0.25) is 0 Å². The zero-order valence-electron chi connectivity index (χ0n) is 10.8. The minimum atomic E-state index is 0.104. The summed E-state index contributed by atoms with van der Waals surface area (Å²) in [6, 6.07) is 11.9. The summed E-state index contributed by atoms with van der Waals surface area (Å²) in [4.78, 5) is 15.6. The molecule has 0 atom stereocenters. The lowest BCUT2D eigenvalue weighted by Gasteiger charge is -2.03. The Morgan fingerprint density at radius 2 is 1.72 bits per heavy atom. The van der Waals surface area contributed by atoms with Crippen molar-refractivity contribution >= 4 is 5.78 Å². The molecule has 0 radical (unpaired) electrons. The smallest absolute Gasteiger partial charge is 0.159 e. The zero-order chi connectivity index (χ0) is 13.0. The Kier molecular flexibility index (Phi) is 3.88. The molecule has 2 nitrogen and oxygen atoms in total. The average molecular weight is 239 g/mol. The van der Waals surface area contributed by atoms with Gasteiger partial charge in [0.15, 0.2) is 5.78 Å². The van der Waals surface area contributed by atoms with Gasteiger partial charge in [0, 0.05) is 23.9 Å². The molecule has 0 aliphatic rings. The van der Waals surface area contributed by atoms with Crippen molar-refractivity contribution in [2.45, 2.75) is 26.7 Å². The minimum absolute atomic E-state index is 0.104. The molecule has 92 valence electrons. The molecule has 0 spiro atoms. The number of aromatic nitrogens is 1. The van der Waals surface area contributed by atoms with Gasteiger partial charge in [-0.15, -0.1) is 0 Å². The summed E-state index contributed by atoms with van der Waals surface area (Å²) >= 11 is 0. The van der Waals surface area contributed by atoms with E-state index >= 15 is 0 Å². The van der Waals surface area contributed by atoms with Gasteiger partial charge in [-0.3, -0.25) is 9.78 Å². The van der Waals surface area contributed by atoms with Crippen LogP contribution in [0.3, 0.4) is 0 Å². The SMILES string of the molecule is CCc1ccc(Cc2ccc(C(C)=O)cc2)nc1. The first-order valence-corrected chi connectivity index (χ1v) is 6.22. The molecule has 2 aromatic rings. The van der Waals surface area contributed by atoms with Crippen LogP contribution in [0.25, 0.3) is 0 Å². The van der Waals surface area contributed by atoms with E-state index in [0.29, 0.717) is 0 Å². The molecule has 0 saturated carbocycles. The van der Waals surface area contributed by atoms with E-state index in [1.54, 1.807) is 6.92 Å². The summed E-state index contributed by atoms with van der Waals surface area (Å²) in [5, 5.41) is 0. The van der Waals surface area contributed by atoms with Gasteiger partial charge in [0.05, 0.1) is 0 Å². The summed E-state index contributed by atoms with van der Waals surface area (Å²) < 4.78 is 0. The molecule has 2 heteroatoms. The van der Waals surface area contributed by atoms with Crippen LogP contribution >= 0.6 is 0 Å². The van der Waals surface area contributed by atoms with Crippen LogP contribution in [-0.4, -0.2) is 10.8 Å². The highest BCUT2D eigenvalue weighted by atomic mass is 16.1. The van der Waals surface area contributed by atoms with Crippen molar-refractivity contribution in [3.63, 3.8) is 0 Å². The lowest BCUT2D eigenvalue weighted by Crippen LogP contribution is -1.95. The second-order valence-corrected chi connectivity index (χ2v) is 4.44. The Bertz CT molecular complexity index is 526. The van der Waals surface area contributed by atoms with Crippen LogP contribution < -0.4 is 0 Å². The lowest BCUT2D eigenvalue weighted by atomic mass is 10.0. The van der Waals surface area contributed by atoms with Gasteiger partial charge in [0.2, 0.25) is 0 Å². The number of nitrogens with zero attached hydrogens (tertiary/aromatic N) is 1. The summed E-state index contributed by atoms with van der Waals surface area (Å²) in [5.41, 5.74) is 4.25. The van der Waals surface area contributed by atoms with Gasteiger partial charge in [0.25, 0.3) is 0 Å². The molecule has 0 bridgehead atoms. The van der Waals surface area contributed by atoms with Crippen LogP contribution in [0.5, 0.6) is 0 Å². The van der Waals surface area contributed by atoms with E-state index in [4.69, 9.17) is 0 Å². The third-order valence-corrected chi connectivity index (χ3v) is 3.04. The first kappa shape index (κ1) is 12.5. The predicted molar refractivity (Wildman–Crippen MR) is 72.9 cm³/mol. The Labute approximate surface area is 108 Å². The van der Waals surface area contributed by atoms with Gasteiger partial charge >= 0.3 is 0 Å². The average Bonchev–Trinajstić information content (AvgIpc) is 2.40. The van der Waals surface area contributed by atoms with Gasteiger partial charge < -0.3 is 0 Å². The maximum Gasteiger partial charge on any atom is 0.159 e. The third-order valence-electron chi connectivity index (χ3n) is 3.04. The summed E-state index contributed by atoms with van der Waals surface area (Å²) in [6.45, 7) is 3.71. The fourth-order valence-corrected chi connectivity index (χ4v) is 1.84. The third kappa shape index (κ3) is 3.04. The first-order chi connectivity index (χ1) is 8.69. The number of benzene rings is 1. The second-order valence-electron chi connectivity index (χ2n) is 4.44. The van der Waals surface area contributed by atoms with Gasteiger partial charge in [-0.1, -0.05) is 37.3 Å². The molecule has 0 aliphatic heterocycles. The summed E-state index contributed by atoms with van der Waals surface area (Å²) in [7, 11) is 0. The quantitative estimate of drug-likeness (QED) is 0.765. The van der Waals surface area contributed by atoms with Crippen molar-refractivity contribution in [2.75, 3.05) is 0 Å². The number of aryl methyl sites for hydroxylation is 1. The van der Waals surface area contributed by atoms with E-state index in [1.165, 1.54) is 11.1 Å². The minimum Gasteiger partial charge on any atom is -0.295 e. The highest BCUT2D eigenvalue weighted by Gasteiger charge is 2.01. The van der Waals surface area contributed by atoms with E-state index in [0.717, 1.165) is 24.1 Å². The standard InChI is InChI=1S/C16H17NO/c1-3-13-6-9-16(17-11-13)10-14-4-7-15(8-5-14)12(2)18/h4-9,11H,3,10H2,1-2H3. The fourth-order valence-electron chi connectivity index (χ4n) is 1.84. The Balaban J connectivity index is 2.10. The van der Waals surface area contributed by atoms with Crippen molar-refractivity contribution in [3.05, 3.63) is 65.0 Å². The highest BCUT2D eigenvalue weighted by molar-refractivity contribution is 5.94. The molecule has 2 rings (SSSR count). The molecule has 0 aliphatic carbocycles. The van der Waals surface area contributed by atoms with Gasteiger partial charge in [-0.2, -0.15) is 0 Å². The van der Waals surface area contributed by atoms with Crippen LogP contribution in [0, 0.1) is 0 Å². The fraction of sp³-hybridized carbons (Fsp3) is 0.250. The number of pyridine rings is 1. The number of carbonyl (C=O) groups is 1. The molecular weight excluding hydrogens is 222 g/mol. The molecule has 1 aromatic carbocycles. The Morgan fingerprint density at radius 3 is 2.22 bits per heavy atom. The van der Waals surface area contributed by atoms with E-state index in [2.05, 4.69) is 24.0 Å². The monoisotopic (exact) mass is 239 g/mol. The lowest BCUT2D eigenvalue weighted by molar-refractivity contribution is 0.101. The van der Waals surface area contributed by atoms with Crippen molar-refractivity contribution in [2.24, 2.45) is 0 Å². The van der Waals surface area contributed by atoms with E-state index in [9.17, 15) is 4.79 Å². The van der Waals surface area contributed by atoms with Crippen molar-refractivity contribution < 1.29 is 4.79 Å². The molecule has 0 amide bonds. The topological polar surface area (TPSA) is 30.0 Å². The van der Waals surface area contributed by atoms with Crippen LogP contribution in [0.15, 0.2) is 42.6 Å². The normalized spacial score (nSPS) is 10.3. The van der Waals surface area contributed by atoms with Gasteiger partial charge in [-0.25, -0.2) is 0 Å². The number of Topliss-reactive ketones (excluding diaryl/α,β-unsaturated/α-hetero) is 1. The molecule has 0 N–H and O–H groups in total. The Morgan fingerprint density at radius 1 is 1.06 bits per heavy atom. The van der Waals surface area contributed by atoms with E-state index in [1.807, 2.05) is 30.5 Å². The van der Waals surface area contributed by atoms with Crippen LogP contribution in [-0.2, 0) is 12.8 Å². The van der Waals surface area contributed by atoms with E-state index < -0.39 is 0 Å². The molecule has 0 fully saturated rings. The maximum absolute atomic E-state index is 11.2. The first-order valence-electron chi connectivity index (χ1n) is 6.22. The molecule has 1 aromatic heterocycles. The Hall–Kier alpha value is -1.96. The molecular formula is C16H17NO. The second kappa shape index (κ2) is 5.58. The number of hydrogen-bond acceptors (Lipinski definition) is 2. The van der Waals surface area contributed by atoms with Crippen molar-refractivity contribution in [1.82, 2.24) is 4.98 Å². The summed E-state index contributed by atoms with van der Waals surface area (Å²) in [5.74, 6) is 0.104. The molecule has 18 heavy (non-hydrogen) atoms. The number of hydrogen-bond donors (Lipinski definition) is 0. The number of ketones is 1. The van der Waals surface area contributed by atoms with Crippen LogP contribution in [0.1, 0.15) is 41.0 Å². The highest BCUT2D eigenvalue weighted by Crippen LogP contribution is 2.10. The largest absolute Gasteiger partial charge is 0.295 e. The van der Waals surface area contributed by atoms with Crippen molar-refractivity contribution in [3.8, 4) is 0 Å². The van der Waals surface area contributed by atoms with Gasteiger partial charge in [-0.05, 0) is 30.5 Å². The molecule has 0 unspecified atom stereocenters. The number of rotatable bonds is 4. The van der Waals surface area contributed by atoms with Gasteiger partial charge in [0.1, 0.15) is 0 Å². The van der Waals surface area contributed by atoms with Crippen LogP contribution in [0.4, 0.5) is 0 Å². The summed E-state index contributed by atoms with van der Waals surface area (Å²) in [6.07, 6.45) is 3.75. The van der Waals surface area contributed by atoms with E-state index in [-0.39, 0.29) is 5.78 Å². The number of carbonyl (C=O) groups excluding carboxylic acids is 1. The predicted octanol–water partition coefficient (Wildman–Crippen LogP) is 3.44. The van der Waals surface area contributed by atoms with Crippen molar-refractivity contribution in [1.29, 1.82) is 0 Å².